The summed E-state index contributed by atoms with van der Waals surface area (Å²) in [7, 11) is 3.90. The number of methoxy groups -OCH3 is 1. The number of hydrogen-bond acceptors (Lipinski definition) is 10. The Morgan fingerprint density at radius 2 is 1.86 bits per heavy atom. The maximum absolute atomic E-state index is 15.5. The SMILES string of the molecule is CCC1C[C@]2(C(=O)N3CCC[C@H](N3)C(=O)OCC(C)(C)Cc3c(-c4cccnc4[C@H](C)OC)n(CC)c4ccc(cc34)/C(N)=C/S1)C1[Si]C1C2C(=O)[C@H](C(C)C)N(C)C(=O)N(CC)C(C)C. The molecule has 4 unspecified atom stereocenters. The molecule has 3 amide bonds. The van der Waals surface area contributed by atoms with Gasteiger partial charge in [0.05, 0.1) is 35.6 Å². The van der Waals surface area contributed by atoms with Crippen LogP contribution in [0.15, 0.2) is 41.9 Å². The van der Waals surface area contributed by atoms with Gasteiger partial charge in [-0.3, -0.25) is 24.4 Å². The molecule has 2 aromatic heterocycles. The van der Waals surface area contributed by atoms with Gasteiger partial charge < -0.3 is 29.6 Å². The van der Waals surface area contributed by atoms with E-state index < -0.39 is 34.8 Å². The number of Topliss-reactive ketones (excluding diaryl/α,β-unsaturated/α-hetero) is 1. The van der Waals surface area contributed by atoms with Crippen LogP contribution in [0.2, 0.25) is 11.1 Å². The van der Waals surface area contributed by atoms with Crippen molar-refractivity contribution in [3.8, 4) is 11.3 Å². The Labute approximate surface area is 399 Å². The molecule has 1 spiro atoms. The molecule has 2 saturated heterocycles. The minimum absolute atomic E-state index is 0.0347. The minimum atomic E-state index is -1.00. The lowest BCUT2D eigenvalue weighted by atomic mass is 9.54. The van der Waals surface area contributed by atoms with E-state index in [1.807, 2.05) is 53.0 Å². The van der Waals surface area contributed by atoms with Crippen LogP contribution >= 0.6 is 11.8 Å². The van der Waals surface area contributed by atoms with Crippen LogP contribution in [-0.2, 0) is 36.8 Å². The first-order valence-corrected chi connectivity index (χ1v) is 26.3. The fourth-order valence-electron chi connectivity index (χ4n) is 11.2. The highest BCUT2D eigenvalue weighted by atomic mass is 32.2. The molecule has 7 rings (SSSR count). The maximum Gasteiger partial charge on any atom is 0.324 e. The summed E-state index contributed by atoms with van der Waals surface area (Å²) in [4.78, 5) is 67.2. The van der Waals surface area contributed by atoms with Crippen LogP contribution in [0.5, 0.6) is 0 Å². The van der Waals surface area contributed by atoms with Crippen molar-refractivity contribution in [3.63, 3.8) is 0 Å². The van der Waals surface area contributed by atoms with Gasteiger partial charge in [-0.05, 0) is 125 Å². The number of nitrogens with one attached hydrogen (secondary N) is 1. The zero-order chi connectivity index (χ0) is 48.0. The van der Waals surface area contributed by atoms with Gasteiger partial charge in [0.1, 0.15) is 6.04 Å². The Kier molecular flexibility index (Phi) is 14.9. The zero-order valence-corrected chi connectivity index (χ0v) is 43.1. The summed E-state index contributed by atoms with van der Waals surface area (Å²) in [5.41, 5.74) is 15.6. The van der Waals surface area contributed by atoms with Gasteiger partial charge in [0.15, 0.2) is 5.78 Å². The highest BCUT2D eigenvalue weighted by molar-refractivity contribution is 8.02. The standard InChI is InChI=1S/C51H73N7O6SSi/c1-13-33-25-51(40(45-46(51)66-45)44(59)42(29(4)5)55(11)49(62)56(14-2)30(6)7)48(61)58-23-17-19-38(54-58)47(60)64-28-50(9,10)26-36-35-24-32(37(52)27-65-33)20-21-39(35)57(15-3)43(36)34-18-16-22-53-41(34)31(8)63-12/h16,18,20-22,24,27,29-31,33,38,40,42,45-46,54H,13-15,17,19,23,25-26,28,52H2,1-12H3/b37-27-/t31-,33?,38-,40?,42-,45?,46?,51+/m0/s1. The first kappa shape index (κ1) is 49.7. The molecule has 4 aliphatic rings. The van der Waals surface area contributed by atoms with E-state index in [4.69, 9.17) is 20.2 Å². The van der Waals surface area contributed by atoms with Crippen molar-refractivity contribution < 1.29 is 28.7 Å². The molecule has 8 atom stereocenters. The minimum Gasteiger partial charge on any atom is -0.464 e. The fraction of sp³-hybridized carbons (Fsp3) is 0.627. The maximum atomic E-state index is 15.5. The second-order valence-electron chi connectivity index (χ2n) is 20.3. The summed E-state index contributed by atoms with van der Waals surface area (Å²) in [6.07, 6.45) is 4.49. The summed E-state index contributed by atoms with van der Waals surface area (Å²) in [5, 5.41) is 4.69. The van der Waals surface area contributed by atoms with Crippen LogP contribution in [-0.4, -0.2) is 115 Å². The van der Waals surface area contributed by atoms with E-state index in [9.17, 15) is 9.59 Å². The van der Waals surface area contributed by atoms with E-state index in [1.54, 1.807) is 46.9 Å². The number of hydrogen-bond donors (Lipinski definition) is 2. The van der Waals surface area contributed by atoms with Gasteiger partial charge in [0.25, 0.3) is 0 Å². The number of thioether (sulfide) groups is 1. The van der Waals surface area contributed by atoms with Gasteiger partial charge >= 0.3 is 12.0 Å². The van der Waals surface area contributed by atoms with Crippen molar-refractivity contribution >= 4 is 61.6 Å². The fourth-order valence-corrected chi connectivity index (χ4v) is 14.4. The number of carbonyl (C=O) groups excluding carboxylic acids is 4. The van der Waals surface area contributed by atoms with E-state index in [2.05, 4.69) is 62.0 Å². The molecule has 66 heavy (non-hydrogen) atoms. The number of aryl methyl sites for hydroxylation is 1. The Balaban J connectivity index is 1.33. The van der Waals surface area contributed by atoms with Crippen molar-refractivity contribution in [2.24, 2.45) is 28.4 Å². The predicted octanol–water partition coefficient (Wildman–Crippen LogP) is 8.50. The van der Waals surface area contributed by atoms with Crippen molar-refractivity contribution in [3.05, 3.63) is 58.8 Å². The number of aromatic nitrogens is 2. The molecular formula is C51H73N7O6SSi. The second-order valence-corrected chi connectivity index (χ2v) is 23.1. The van der Waals surface area contributed by atoms with Crippen LogP contribution < -0.4 is 11.2 Å². The van der Waals surface area contributed by atoms with Gasteiger partial charge in [0, 0.05) is 94.3 Å². The van der Waals surface area contributed by atoms with Gasteiger partial charge in [0.2, 0.25) is 5.91 Å². The summed E-state index contributed by atoms with van der Waals surface area (Å²) >= 11 is 1.63. The Morgan fingerprint density at radius 3 is 2.52 bits per heavy atom. The second kappa shape index (κ2) is 19.8. The zero-order valence-electron chi connectivity index (χ0n) is 41.3. The highest BCUT2D eigenvalue weighted by Gasteiger charge is 2.77. The molecule has 3 fully saturated rings. The molecule has 1 saturated carbocycles. The predicted molar refractivity (Wildman–Crippen MR) is 265 cm³/mol. The molecule has 4 bridgehead atoms. The number of ketones is 1. The molecule has 5 heterocycles. The van der Waals surface area contributed by atoms with Crippen LogP contribution in [0.4, 0.5) is 4.79 Å². The molecule has 2 radical (unpaired) electrons. The lowest BCUT2D eigenvalue weighted by molar-refractivity contribution is -0.166. The van der Waals surface area contributed by atoms with Crippen LogP contribution in [0, 0.1) is 22.7 Å². The normalized spacial score (nSPS) is 27.3. The molecule has 3 aromatic rings. The number of esters is 1. The highest BCUT2D eigenvalue weighted by Crippen LogP contribution is 2.77. The van der Waals surface area contributed by atoms with E-state index in [-0.39, 0.29) is 58.7 Å². The number of nitrogens with two attached hydrogens (primary N) is 1. The third-order valence-electron chi connectivity index (χ3n) is 14.7. The van der Waals surface area contributed by atoms with Crippen LogP contribution in [0.1, 0.15) is 118 Å². The number of amides is 3. The number of nitrogens with zero attached hydrogens (tertiary/aromatic N) is 5. The number of pyridine rings is 1. The molecule has 15 heteroatoms. The Bertz CT molecular complexity index is 2350. The number of carbonyl (C=O) groups is 4. The first-order chi connectivity index (χ1) is 31.3. The first-order valence-electron chi connectivity index (χ1n) is 24.2. The molecule has 1 aliphatic carbocycles. The van der Waals surface area contributed by atoms with Crippen molar-refractivity contribution in [2.45, 2.75) is 148 Å². The number of benzene rings is 1. The summed E-state index contributed by atoms with van der Waals surface area (Å²) in [6, 6.07) is 8.84. The third-order valence-corrected chi connectivity index (χ3v) is 17.9. The molecular weight excluding hydrogens is 867 g/mol. The monoisotopic (exact) mass is 940 g/mol. The average molecular weight is 940 g/mol. The number of ether oxygens (including phenoxy) is 2. The number of hydrazine groups is 1. The molecule has 3 N–H and O–H groups in total. The van der Waals surface area contributed by atoms with E-state index in [0.717, 1.165) is 45.4 Å². The van der Waals surface area contributed by atoms with Crippen molar-refractivity contribution in [1.29, 1.82) is 0 Å². The number of rotatable bonds is 11. The third kappa shape index (κ3) is 9.10. The van der Waals surface area contributed by atoms with Crippen LogP contribution in [0.25, 0.3) is 27.9 Å². The quantitative estimate of drug-likeness (QED) is 0.141. The summed E-state index contributed by atoms with van der Waals surface area (Å²) in [6.45, 7) is 22.2. The smallest absolute Gasteiger partial charge is 0.324 e. The Hall–Kier alpha value is -4.18. The van der Waals surface area contributed by atoms with E-state index in [0.29, 0.717) is 60.5 Å². The number of likely N-dealkylation sites (N-methyl/N-ethyl adjacent to an activating group) is 1. The number of cyclic esters (lactones) is 1. The van der Waals surface area contributed by atoms with Crippen molar-refractivity contribution in [2.75, 3.05) is 33.9 Å². The van der Waals surface area contributed by atoms with Gasteiger partial charge in [-0.25, -0.2) is 10.2 Å². The number of fused-ring (bicyclic) bond motifs is 5. The van der Waals surface area contributed by atoms with Gasteiger partial charge in [-0.1, -0.05) is 40.7 Å². The lowest BCUT2D eigenvalue weighted by Gasteiger charge is -2.53. The topological polar surface area (TPSA) is 152 Å². The van der Waals surface area contributed by atoms with Gasteiger partial charge in [-0.15, -0.1) is 11.8 Å². The van der Waals surface area contributed by atoms with E-state index >= 15 is 9.59 Å². The largest absolute Gasteiger partial charge is 0.464 e. The molecule has 13 nitrogen and oxygen atoms in total. The Morgan fingerprint density at radius 1 is 1.12 bits per heavy atom. The van der Waals surface area contributed by atoms with Gasteiger partial charge in [-0.2, -0.15) is 0 Å². The average Bonchev–Trinajstić information content (AvgIpc) is 3.95. The lowest BCUT2D eigenvalue weighted by Crippen LogP contribution is -2.65. The number of urea groups is 1. The van der Waals surface area contributed by atoms with E-state index in [1.165, 1.54) is 0 Å². The molecule has 358 valence electrons. The molecule has 3 aliphatic heterocycles. The van der Waals surface area contributed by atoms with Crippen molar-refractivity contribution in [1.82, 2.24) is 29.8 Å². The summed E-state index contributed by atoms with van der Waals surface area (Å²) < 4.78 is 14.4. The van der Waals surface area contributed by atoms with Crippen LogP contribution in [0.3, 0.4) is 0 Å². The summed E-state index contributed by atoms with van der Waals surface area (Å²) in [5.74, 6) is -1.30. The molecule has 1 aromatic carbocycles.